The Morgan fingerprint density at radius 3 is 2.60 bits per heavy atom. The Morgan fingerprint density at radius 2 is 2.00 bits per heavy atom. The van der Waals surface area contributed by atoms with Crippen molar-refractivity contribution in [3.05, 3.63) is 34.3 Å². The maximum atomic E-state index is 12.9. The summed E-state index contributed by atoms with van der Waals surface area (Å²) in [6, 6.07) is 8.48. The molecule has 4 heteroatoms. The average Bonchev–Trinajstić information content (AvgIpc) is 2.47. The van der Waals surface area contributed by atoms with E-state index in [4.69, 9.17) is 0 Å². The van der Waals surface area contributed by atoms with Crippen molar-refractivity contribution in [2.24, 2.45) is 0 Å². The van der Waals surface area contributed by atoms with Gasteiger partial charge in [-0.15, -0.1) is 0 Å². The maximum absolute atomic E-state index is 12.9. The number of rotatable bonds is 3. The molecule has 2 rings (SSSR count). The average molecular weight is 339 g/mol. The molecule has 110 valence electrons. The zero-order valence-corrected chi connectivity index (χ0v) is 14.0. The van der Waals surface area contributed by atoms with Crippen molar-refractivity contribution >= 4 is 21.8 Å². The van der Waals surface area contributed by atoms with Crippen molar-refractivity contribution in [1.82, 2.24) is 10.2 Å². The van der Waals surface area contributed by atoms with Crippen LogP contribution >= 0.6 is 15.9 Å². The van der Waals surface area contributed by atoms with Crippen LogP contribution in [0.3, 0.4) is 0 Å². The molecule has 20 heavy (non-hydrogen) atoms. The number of piperidine rings is 1. The third-order valence-electron chi connectivity index (χ3n) is 4.22. The largest absolute Gasteiger partial charge is 0.340 e. The van der Waals surface area contributed by atoms with Crippen LogP contribution in [-0.2, 0) is 10.2 Å². The number of hydrogen-bond donors (Lipinski definition) is 1. The number of benzene rings is 1. The van der Waals surface area contributed by atoms with Gasteiger partial charge in [0, 0.05) is 23.6 Å². The Hall–Kier alpha value is -0.870. The molecule has 1 atom stereocenters. The summed E-state index contributed by atoms with van der Waals surface area (Å²) in [5, 5.41) is 3.29. The molecular formula is C16H23BrN2O. The van der Waals surface area contributed by atoms with Crippen molar-refractivity contribution in [2.45, 2.75) is 38.1 Å². The lowest BCUT2D eigenvalue weighted by atomic mass is 9.82. The molecular weight excluding hydrogens is 316 g/mol. The van der Waals surface area contributed by atoms with E-state index in [1.807, 2.05) is 50.1 Å². The van der Waals surface area contributed by atoms with Gasteiger partial charge in [0.25, 0.3) is 0 Å². The number of amides is 1. The van der Waals surface area contributed by atoms with Crippen LogP contribution in [0.2, 0.25) is 0 Å². The van der Waals surface area contributed by atoms with Crippen LogP contribution in [0.15, 0.2) is 28.7 Å². The molecule has 0 radical (unpaired) electrons. The lowest BCUT2D eigenvalue weighted by Gasteiger charge is -2.37. The number of halogens is 1. The molecule has 0 saturated carbocycles. The number of carbonyl (C=O) groups excluding carboxylic acids is 1. The number of hydrogen-bond acceptors (Lipinski definition) is 2. The van der Waals surface area contributed by atoms with Gasteiger partial charge < -0.3 is 10.2 Å². The lowest BCUT2D eigenvalue weighted by Crippen LogP contribution is -2.51. The van der Waals surface area contributed by atoms with Crippen molar-refractivity contribution in [3.63, 3.8) is 0 Å². The van der Waals surface area contributed by atoms with E-state index in [1.54, 1.807) is 0 Å². The predicted octanol–water partition coefficient (Wildman–Crippen LogP) is 2.94. The maximum Gasteiger partial charge on any atom is 0.232 e. The Kier molecular flexibility index (Phi) is 4.86. The van der Waals surface area contributed by atoms with Crippen LogP contribution in [0.25, 0.3) is 0 Å². The summed E-state index contributed by atoms with van der Waals surface area (Å²) in [5.41, 5.74) is 0.591. The van der Waals surface area contributed by atoms with Gasteiger partial charge >= 0.3 is 0 Å². The minimum atomic E-state index is -0.476. The van der Waals surface area contributed by atoms with Gasteiger partial charge in [0.1, 0.15) is 0 Å². The molecule has 0 aromatic heterocycles. The van der Waals surface area contributed by atoms with E-state index in [9.17, 15) is 4.79 Å². The van der Waals surface area contributed by atoms with E-state index < -0.39 is 5.41 Å². The van der Waals surface area contributed by atoms with E-state index >= 15 is 0 Å². The first-order chi connectivity index (χ1) is 9.45. The first kappa shape index (κ1) is 15.5. The van der Waals surface area contributed by atoms with Gasteiger partial charge in [0.15, 0.2) is 0 Å². The number of carbonyl (C=O) groups is 1. The standard InChI is InChI=1S/C16H23BrN2O/c1-16(2,12-6-8-13(17)9-7-12)15(20)19-10-4-5-14(11-19)18-3/h6-9,14,18H,4-5,10-11H2,1-3H3. The highest BCUT2D eigenvalue weighted by molar-refractivity contribution is 9.10. The van der Waals surface area contributed by atoms with Crippen molar-refractivity contribution in [2.75, 3.05) is 20.1 Å². The fraction of sp³-hybridized carbons (Fsp3) is 0.562. The molecule has 0 spiro atoms. The molecule has 1 aliphatic rings. The fourth-order valence-corrected chi connectivity index (χ4v) is 3.05. The van der Waals surface area contributed by atoms with Crippen LogP contribution < -0.4 is 5.32 Å². The van der Waals surface area contributed by atoms with Gasteiger partial charge in [-0.2, -0.15) is 0 Å². The summed E-state index contributed by atoms with van der Waals surface area (Å²) in [7, 11) is 1.97. The van der Waals surface area contributed by atoms with Gasteiger partial charge in [-0.3, -0.25) is 4.79 Å². The second kappa shape index (κ2) is 6.27. The van der Waals surface area contributed by atoms with Crippen molar-refractivity contribution in [3.8, 4) is 0 Å². The molecule has 1 aliphatic heterocycles. The molecule has 3 nitrogen and oxygen atoms in total. The summed E-state index contributed by atoms with van der Waals surface area (Å²) in [6.45, 7) is 5.72. The van der Waals surface area contributed by atoms with Crippen LogP contribution in [-0.4, -0.2) is 37.0 Å². The van der Waals surface area contributed by atoms with E-state index in [0.717, 1.165) is 36.0 Å². The summed E-state index contributed by atoms with van der Waals surface area (Å²) < 4.78 is 1.04. The molecule has 1 unspecified atom stereocenters. The molecule has 0 aliphatic carbocycles. The Labute approximate surface area is 129 Å². The molecule has 1 aromatic carbocycles. The molecule has 1 saturated heterocycles. The Morgan fingerprint density at radius 1 is 1.35 bits per heavy atom. The van der Waals surface area contributed by atoms with Gasteiger partial charge in [0.2, 0.25) is 5.91 Å². The zero-order valence-electron chi connectivity index (χ0n) is 12.4. The summed E-state index contributed by atoms with van der Waals surface area (Å²) in [4.78, 5) is 14.9. The summed E-state index contributed by atoms with van der Waals surface area (Å²) in [5.74, 6) is 0.222. The topological polar surface area (TPSA) is 32.3 Å². The quantitative estimate of drug-likeness (QED) is 0.918. The third kappa shape index (κ3) is 3.23. The van der Waals surface area contributed by atoms with Gasteiger partial charge in [0.05, 0.1) is 5.41 Å². The van der Waals surface area contributed by atoms with Crippen LogP contribution in [0.4, 0.5) is 0 Å². The monoisotopic (exact) mass is 338 g/mol. The molecule has 1 aromatic rings. The molecule has 1 N–H and O–H groups in total. The third-order valence-corrected chi connectivity index (χ3v) is 4.75. The summed E-state index contributed by atoms with van der Waals surface area (Å²) >= 11 is 3.44. The molecule has 1 heterocycles. The first-order valence-corrected chi connectivity index (χ1v) is 7.97. The van der Waals surface area contributed by atoms with Gasteiger partial charge in [-0.05, 0) is 51.4 Å². The smallest absolute Gasteiger partial charge is 0.232 e. The van der Waals surface area contributed by atoms with Crippen LogP contribution in [0.5, 0.6) is 0 Å². The first-order valence-electron chi connectivity index (χ1n) is 7.18. The fourth-order valence-electron chi connectivity index (χ4n) is 2.78. The molecule has 1 fully saturated rings. The van der Waals surface area contributed by atoms with Crippen molar-refractivity contribution < 1.29 is 4.79 Å². The predicted molar refractivity (Wildman–Crippen MR) is 85.8 cm³/mol. The minimum Gasteiger partial charge on any atom is -0.340 e. The normalized spacial score (nSPS) is 20.0. The van der Waals surface area contributed by atoms with Gasteiger partial charge in [-0.25, -0.2) is 0 Å². The number of likely N-dealkylation sites (N-methyl/N-ethyl adjacent to an activating group) is 1. The Bertz CT molecular complexity index is 470. The lowest BCUT2D eigenvalue weighted by molar-refractivity contribution is -0.137. The van der Waals surface area contributed by atoms with Crippen LogP contribution in [0.1, 0.15) is 32.3 Å². The van der Waals surface area contributed by atoms with E-state index in [-0.39, 0.29) is 5.91 Å². The van der Waals surface area contributed by atoms with E-state index in [0.29, 0.717) is 6.04 Å². The SMILES string of the molecule is CNC1CCCN(C(=O)C(C)(C)c2ccc(Br)cc2)C1. The van der Waals surface area contributed by atoms with E-state index in [1.165, 1.54) is 0 Å². The number of nitrogens with one attached hydrogen (secondary N) is 1. The second-order valence-corrected chi connectivity index (χ2v) is 6.93. The Balaban J connectivity index is 2.16. The molecule has 0 bridgehead atoms. The number of likely N-dealkylation sites (tertiary alicyclic amines) is 1. The van der Waals surface area contributed by atoms with Gasteiger partial charge in [-0.1, -0.05) is 28.1 Å². The number of nitrogens with zero attached hydrogens (tertiary/aromatic N) is 1. The van der Waals surface area contributed by atoms with E-state index in [2.05, 4.69) is 21.2 Å². The zero-order chi connectivity index (χ0) is 14.8. The summed E-state index contributed by atoms with van der Waals surface area (Å²) in [6.07, 6.45) is 2.23. The second-order valence-electron chi connectivity index (χ2n) is 6.01. The highest BCUT2D eigenvalue weighted by Crippen LogP contribution is 2.28. The highest BCUT2D eigenvalue weighted by Gasteiger charge is 2.35. The van der Waals surface area contributed by atoms with Crippen LogP contribution in [0, 0.1) is 0 Å². The minimum absolute atomic E-state index is 0.222. The molecule has 1 amide bonds. The van der Waals surface area contributed by atoms with Crippen molar-refractivity contribution in [1.29, 1.82) is 0 Å². The highest BCUT2D eigenvalue weighted by atomic mass is 79.9.